The van der Waals surface area contributed by atoms with Gasteiger partial charge in [0.05, 0.1) is 0 Å². The van der Waals surface area contributed by atoms with Gasteiger partial charge in [-0.15, -0.1) is 0 Å². The van der Waals surface area contributed by atoms with Crippen LogP contribution in [0.5, 0.6) is 0 Å². The summed E-state index contributed by atoms with van der Waals surface area (Å²) in [6.07, 6.45) is 2.19. The molecule has 224 valence electrons. The molecule has 4 rings (SSSR count). The summed E-state index contributed by atoms with van der Waals surface area (Å²) in [5, 5.41) is 4.66. The molecule has 4 aromatic rings. The molecule has 0 spiro atoms. The summed E-state index contributed by atoms with van der Waals surface area (Å²) < 4.78 is 25.6. The first-order valence-corrected chi connectivity index (χ1v) is 18.9. The van der Waals surface area contributed by atoms with Crippen molar-refractivity contribution in [3.63, 3.8) is 0 Å². The molecule has 0 saturated carbocycles. The topological polar surface area (TPSA) is 36.9 Å². The Hall–Kier alpha value is -2.85. The fraction of sp³-hybridized carbons (Fsp3) is 0.333. The van der Waals surface area contributed by atoms with E-state index in [4.69, 9.17) is 17.7 Å². The third-order valence-corrected chi connectivity index (χ3v) is 13.6. The Morgan fingerprint density at radius 1 is 0.429 bits per heavy atom. The summed E-state index contributed by atoms with van der Waals surface area (Å²) in [7, 11) is -5.26. The van der Waals surface area contributed by atoms with Gasteiger partial charge in [0.1, 0.15) is 0 Å². The van der Waals surface area contributed by atoms with Crippen LogP contribution >= 0.6 is 0 Å². The first kappa shape index (κ1) is 33.7. The predicted octanol–water partition coefficient (Wildman–Crippen LogP) is 6.19. The van der Waals surface area contributed by atoms with E-state index >= 15 is 0 Å². The van der Waals surface area contributed by atoms with Crippen LogP contribution in [0.4, 0.5) is 0 Å². The Morgan fingerprint density at radius 2 is 0.690 bits per heavy atom. The zero-order valence-corrected chi connectivity index (χ0v) is 28.2. The molecule has 0 N–H and O–H groups in total. The van der Waals surface area contributed by atoms with Crippen molar-refractivity contribution in [2.75, 3.05) is 13.2 Å². The fourth-order valence-electron chi connectivity index (χ4n) is 4.79. The highest BCUT2D eigenvalue weighted by Crippen LogP contribution is 2.15. The average molecular weight is 601 g/mol. The highest BCUT2D eigenvalue weighted by molar-refractivity contribution is 6.93. The smallest absolute Gasteiger partial charge is 0.388 e. The van der Waals surface area contributed by atoms with Crippen LogP contribution in [0, 0.1) is 0 Å². The first-order chi connectivity index (χ1) is 20.4. The van der Waals surface area contributed by atoms with Gasteiger partial charge < -0.3 is 17.7 Å². The van der Waals surface area contributed by atoms with Gasteiger partial charge in [-0.1, -0.05) is 135 Å². The molecular formula is C36H48O4Si2. The van der Waals surface area contributed by atoms with Crippen molar-refractivity contribution >= 4 is 37.9 Å². The molecule has 0 aliphatic rings. The van der Waals surface area contributed by atoms with Gasteiger partial charge in [-0.05, 0) is 61.3 Å². The van der Waals surface area contributed by atoms with Gasteiger partial charge in [-0.2, -0.15) is 0 Å². The predicted molar refractivity (Wildman–Crippen MR) is 181 cm³/mol. The molecule has 42 heavy (non-hydrogen) atoms. The zero-order chi connectivity index (χ0) is 30.3. The molecule has 0 aromatic heterocycles. The molecule has 0 saturated heterocycles. The van der Waals surface area contributed by atoms with E-state index < -0.39 is 17.1 Å². The van der Waals surface area contributed by atoms with E-state index in [1.807, 2.05) is 48.5 Å². The maximum absolute atomic E-state index is 6.44. The Bertz CT molecular complexity index is 1150. The largest absolute Gasteiger partial charge is 0.407 e. The SMILES string of the molecule is CC(C)O[Si](OC(C)C)(c1ccccc1)c1ccccc1.CCCO[Si](OCCC)(c1ccccc1)c1ccccc1. The van der Waals surface area contributed by atoms with Crippen molar-refractivity contribution in [2.24, 2.45) is 0 Å². The number of benzene rings is 4. The number of rotatable bonds is 14. The molecule has 0 atom stereocenters. The van der Waals surface area contributed by atoms with Crippen molar-refractivity contribution in [1.29, 1.82) is 0 Å². The van der Waals surface area contributed by atoms with Crippen molar-refractivity contribution < 1.29 is 17.7 Å². The maximum atomic E-state index is 6.44. The molecule has 0 bridgehead atoms. The quantitative estimate of drug-likeness (QED) is 0.162. The lowest BCUT2D eigenvalue weighted by Crippen LogP contribution is -2.65. The van der Waals surface area contributed by atoms with Gasteiger partial charge in [-0.3, -0.25) is 0 Å². The van der Waals surface area contributed by atoms with Gasteiger partial charge >= 0.3 is 17.1 Å². The van der Waals surface area contributed by atoms with E-state index in [9.17, 15) is 0 Å². The van der Waals surface area contributed by atoms with Crippen LogP contribution in [0.2, 0.25) is 0 Å². The van der Waals surface area contributed by atoms with Crippen LogP contribution in [-0.2, 0) is 17.7 Å². The van der Waals surface area contributed by atoms with E-state index in [1.54, 1.807) is 0 Å². The van der Waals surface area contributed by atoms with Crippen LogP contribution in [-0.4, -0.2) is 42.5 Å². The average Bonchev–Trinajstić information content (AvgIpc) is 3.02. The molecule has 0 unspecified atom stereocenters. The second-order valence-electron chi connectivity index (χ2n) is 10.7. The van der Waals surface area contributed by atoms with Crippen molar-refractivity contribution in [2.45, 2.75) is 66.6 Å². The van der Waals surface area contributed by atoms with E-state index in [-0.39, 0.29) is 12.2 Å². The van der Waals surface area contributed by atoms with E-state index in [1.165, 1.54) is 10.4 Å². The fourth-order valence-corrected chi connectivity index (χ4v) is 11.6. The van der Waals surface area contributed by atoms with Gasteiger partial charge in [0.2, 0.25) is 0 Å². The second-order valence-corrected chi connectivity index (χ2v) is 16.6. The summed E-state index contributed by atoms with van der Waals surface area (Å²) in [4.78, 5) is 0. The Labute approximate surface area is 256 Å². The standard InChI is InChI=1S/2C18H24O2Si/c1-15(2)19-21(20-16(3)4,17-11-7-5-8-12-17)18-13-9-6-10-14-18;1-3-15-19-21(20-16-4-2,17-11-7-5-8-12-17)18-13-9-6-10-14-18/h5-16H,1-4H3;5-14H,3-4,15-16H2,1-2H3. The van der Waals surface area contributed by atoms with Crippen LogP contribution in [0.25, 0.3) is 0 Å². The second kappa shape index (κ2) is 17.3. The van der Waals surface area contributed by atoms with Crippen LogP contribution < -0.4 is 20.7 Å². The molecule has 4 nitrogen and oxygen atoms in total. The molecule has 0 heterocycles. The molecular weight excluding hydrogens is 553 g/mol. The van der Waals surface area contributed by atoms with Gasteiger partial charge in [-0.25, -0.2) is 0 Å². The first-order valence-electron chi connectivity index (χ1n) is 15.2. The third-order valence-electron chi connectivity index (χ3n) is 6.44. The molecule has 0 amide bonds. The summed E-state index contributed by atoms with van der Waals surface area (Å²) in [5.41, 5.74) is 0. The van der Waals surface area contributed by atoms with Gasteiger partial charge in [0.25, 0.3) is 0 Å². The summed E-state index contributed by atoms with van der Waals surface area (Å²) >= 11 is 0. The molecule has 6 heteroatoms. The number of hydrogen-bond acceptors (Lipinski definition) is 4. The lowest BCUT2D eigenvalue weighted by molar-refractivity contribution is 0.125. The van der Waals surface area contributed by atoms with E-state index in [0.717, 1.165) is 36.4 Å². The zero-order valence-electron chi connectivity index (χ0n) is 26.2. The summed E-state index contributed by atoms with van der Waals surface area (Å²) in [6, 6.07) is 41.5. The molecule has 0 fully saturated rings. The van der Waals surface area contributed by atoms with E-state index in [0.29, 0.717) is 0 Å². The van der Waals surface area contributed by atoms with Crippen LogP contribution in [0.15, 0.2) is 121 Å². The van der Waals surface area contributed by atoms with Crippen LogP contribution in [0.3, 0.4) is 0 Å². The molecule has 0 radical (unpaired) electrons. The Kier molecular flexibility index (Phi) is 13.9. The minimum atomic E-state index is -2.67. The number of hydrogen-bond donors (Lipinski definition) is 0. The minimum Gasteiger partial charge on any atom is -0.388 e. The summed E-state index contributed by atoms with van der Waals surface area (Å²) in [6.45, 7) is 14.0. The highest BCUT2D eigenvalue weighted by atomic mass is 28.4. The Balaban J connectivity index is 0.000000230. The van der Waals surface area contributed by atoms with Crippen molar-refractivity contribution in [1.82, 2.24) is 0 Å². The minimum absolute atomic E-state index is 0.107. The van der Waals surface area contributed by atoms with E-state index in [2.05, 4.69) is 114 Å². The molecule has 4 aromatic carbocycles. The Morgan fingerprint density at radius 3 is 0.929 bits per heavy atom. The van der Waals surface area contributed by atoms with Crippen molar-refractivity contribution in [3.05, 3.63) is 121 Å². The highest BCUT2D eigenvalue weighted by Gasteiger charge is 2.44. The third kappa shape index (κ3) is 9.07. The monoisotopic (exact) mass is 600 g/mol. The van der Waals surface area contributed by atoms with Crippen LogP contribution in [0.1, 0.15) is 54.4 Å². The normalized spacial score (nSPS) is 11.8. The summed E-state index contributed by atoms with van der Waals surface area (Å²) in [5.74, 6) is 0. The van der Waals surface area contributed by atoms with Gasteiger partial charge in [0, 0.05) is 25.4 Å². The van der Waals surface area contributed by atoms with Crippen molar-refractivity contribution in [3.8, 4) is 0 Å². The maximum Gasteiger partial charge on any atom is 0.407 e. The molecule has 0 aliphatic heterocycles. The lowest BCUT2D eigenvalue weighted by Gasteiger charge is -2.34. The molecule has 0 aliphatic carbocycles. The van der Waals surface area contributed by atoms with Gasteiger partial charge in [0.15, 0.2) is 0 Å². The lowest BCUT2D eigenvalue weighted by atomic mass is 10.4.